The van der Waals surface area contributed by atoms with Crippen LogP contribution in [-0.2, 0) is 36.6 Å². The number of carbonyl (C=O) groups excluding carboxylic acids is 5. The minimum Gasteiger partial charge on any atom is -0.493 e. The molecule has 0 spiro atoms. The van der Waals surface area contributed by atoms with Crippen LogP contribution in [-0.4, -0.2) is 189 Å². The number of rotatable bonds is 30. The van der Waals surface area contributed by atoms with E-state index in [-0.39, 0.29) is 90.3 Å². The average Bonchev–Trinajstić information content (AvgIpc) is 0.881. The van der Waals surface area contributed by atoms with Gasteiger partial charge in [-0.25, -0.2) is 13.6 Å². The number of methoxy groups -OCH3 is 4. The molecule has 92 heavy (non-hydrogen) atoms. The first-order chi connectivity index (χ1) is 43.6. The minimum atomic E-state index is -0.698. The van der Waals surface area contributed by atoms with Crippen molar-refractivity contribution in [3.63, 3.8) is 0 Å². The lowest BCUT2D eigenvalue weighted by Gasteiger charge is -2.45. The fourth-order valence-electron chi connectivity index (χ4n) is 12.2. The Morgan fingerprint density at radius 1 is 0.554 bits per heavy atom. The highest BCUT2D eigenvalue weighted by atomic mass is 35.5. The summed E-state index contributed by atoms with van der Waals surface area (Å²) in [4.78, 5) is 77.6. The Morgan fingerprint density at radius 3 is 1.39 bits per heavy atom. The zero-order valence-electron chi connectivity index (χ0n) is 56.1. The van der Waals surface area contributed by atoms with Crippen molar-refractivity contribution in [1.82, 2.24) is 29.8 Å². The molecule has 2 saturated heterocycles. The molecular weight excluding hydrogens is 1200 g/mol. The van der Waals surface area contributed by atoms with Gasteiger partial charge < -0.3 is 63.0 Å². The van der Waals surface area contributed by atoms with Crippen molar-refractivity contribution in [2.45, 2.75) is 192 Å². The largest absolute Gasteiger partial charge is 0.493 e. The highest BCUT2D eigenvalue weighted by Crippen LogP contribution is 2.35. The molecule has 4 aromatic carbocycles. The Kier molecular flexibility index (Phi) is 29.1. The van der Waals surface area contributed by atoms with E-state index in [1.54, 1.807) is 94.0 Å². The number of piperidine rings is 2. The van der Waals surface area contributed by atoms with E-state index < -0.39 is 11.7 Å². The third-order valence-corrected chi connectivity index (χ3v) is 17.1. The molecule has 8 rings (SSSR count). The number of halogens is 3. The molecule has 4 aliphatic rings. The lowest BCUT2D eigenvalue weighted by Crippen LogP contribution is -2.58. The van der Waals surface area contributed by atoms with Crippen LogP contribution in [0, 0.1) is 11.6 Å². The standard InChI is InChI=1S/C38H54FN3O7.C33H46FN3O5.ClH/c1-26(2)42(36(44)28-11-18-33(47-7)34(24-28)48-22-8-21-46-6)32-17-16-31(41(25-32)37(45)49-38(3,4)5)19-20-40(30-14-15-30)35(43)23-27-9-12-29(39)13-10-27;1-23(2)37(33(39)25-8-15-30(41-4)31(21-25)42-19-5-18-40-3)29-12-11-27(35-22-29)16-17-36(28-13-14-28)32(38)20-24-6-9-26(34)10-7-24;/h9-13,18,24,26,30-32H,8,14-17,19-23,25H2,1-7H3;6-10,15,21,23,27-29,35H,5,11-14,16-20,22H2,1-4H3;1H/t31-,32?;27-,29?;/m11./s1. The summed E-state index contributed by atoms with van der Waals surface area (Å²) in [5.74, 6) is 1.49. The lowest BCUT2D eigenvalue weighted by molar-refractivity contribution is -0.132. The molecule has 21 heteroatoms. The summed E-state index contributed by atoms with van der Waals surface area (Å²) in [5, 5.41) is 3.66. The summed E-state index contributed by atoms with van der Waals surface area (Å²) in [6, 6.07) is 23.1. The number of nitrogens with one attached hydrogen (secondary N) is 1. The van der Waals surface area contributed by atoms with E-state index in [9.17, 15) is 32.8 Å². The summed E-state index contributed by atoms with van der Waals surface area (Å²) >= 11 is 0. The fraction of sp³-hybridized carbons (Fsp3) is 0.592. The third-order valence-electron chi connectivity index (χ3n) is 17.1. The van der Waals surface area contributed by atoms with Gasteiger partial charge in [-0.2, -0.15) is 0 Å². The first-order valence-corrected chi connectivity index (χ1v) is 32.7. The first-order valence-electron chi connectivity index (χ1n) is 32.7. The van der Waals surface area contributed by atoms with Gasteiger partial charge in [0, 0.05) is 120 Å². The van der Waals surface area contributed by atoms with E-state index in [1.165, 1.54) is 24.3 Å². The average molecular weight is 1300 g/mol. The molecule has 4 fully saturated rings. The van der Waals surface area contributed by atoms with Gasteiger partial charge >= 0.3 is 6.09 Å². The molecule has 4 aromatic rings. The monoisotopic (exact) mass is 1300 g/mol. The van der Waals surface area contributed by atoms with Crippen LogP contribution in [0.5, 0.6) is 23.0 Å². The van der Waals surface area contributed by atoms with Crippen LogP contribution in [0.1, 0.15) is 157 Å². The Labute approximate surface area is 550 Å². The molecular formula is C71H101ClF2N6O12. The third kappa shape index (κ3) is 22.2. The zero-order chi connectivity index (χ0) is 65.8. The van der Waals surface area contributed by atoms with E-state index in [0.717, 1.165) is 62.5 Å². The quantitative estimate of drug-likeness (QED) is 0.0488. The maximum absolute atomic E-state index is 14.2. The van der Waals surface area contributed by atoms with Crippen LogP contribution in [0.3, 0.4) is 0 Å². The van der Waals surface area contributed by atoms with Crippen molar-refractivity contribution < 1.29 is 65.9 Å². The van der Waals surface area contributed by atoms with Crippen LogP contribution >= 0.6 is 12.4 Å². The normalized spacial score (nSPS) is 18.0. The van der Waals surface area contributed by atoms with Crippen molar-refractivity contribution in [3.05, 3.63) is 119 Å². The van der Waals surface area contributed by atoms with E-state index in [1.807, 2.05) is 54.2 Å². The second kappa shape index (κ2) is 36.1. The Morgan fingerprint density at radius 2 is 0.989 bits per heavy atom. The molecule has 2 aliphatic carbocycles. The van der Waals surface area contributed by atoms with Gasteiger partial charge in [-0.3, -0.25) is 19.2 Å². The summed E-state index contributed by atoms with van der Waals surface area (Å²) in [6.45, 7) is 17.9. The van der Waals surface area contributed by atoms with E-state index in [0.29, 0.717) is 131 Å². The molecule has 2 aliphatic heterocycles. The summed E-state index contributed by atoms with van der Waals surface area (Å²) in [7, 11) is 6.45. The molecule has 508 valence electrons. The number of nitrogens with zero attached hydrogens (tertiary/aromatic N) is 5. The molecule has 18 nitrogen and oxygen atoms in total. The Hall–Kier alpha value is -6.74. The molecule has 2 heterocycles. The molecule has 0 aromatic heterocycles. The maximum Gasteiger partial charge on any atom is 0.410 e. The van der Waals surface area contributed by atoms with Crippen LogP contribution in [0.4, 0.5) is 13.6 Å². The van der Waals surface area contributed by atoms with Gasteiger partial charge in [0.1, 0.15) is 17.2 Å². The number of likely N-dealkylation sites (tertiary alicyclic amines) is 1. The van der Waals surface area contributed by atoms with Crippen molar-refractivity contribution in [2.75, 3.05) is 81.0 Å². The van der Waals surface area contributed by atoms with Crippen molar-refractivity contribution in [2.24, 2.45) is 0 Å². The van der Waals surface area contributed by atoms with Gasteiger partial charge in [0.05, 0.1) is 46.3 Å². The van der Waals surface area contributed by atoms with E-state index in [4.69, 9.17) is 33.2 Å². The minimum absolute atomic E-state index is 0. The molecule has 1 N–H and O–H groups in total. The number of amides is 5. The topological polar surface area (TPSA) is 178 Å². The predicted molar refractivity (Wildman–Crippen MR) is 353 cm³/mol. The molecule has 0 bridgehead atoms. The van der Waals surface area contributed by atoms with Crippen molar-refractivity contribution in [3.8, 4) is 23.0 Å². The SMILES string of the molecule is COCCCOc1cc(C(=O)N(C(C)C)C2CC[C@H](CCN(C(=O)Cc3ccc(F)cc3)C3CC3)N(C(=O)OC(C)(C)C)C2)ccc1OC.COCCCOc1cc(C(=O)N(C(C)C)C2CC[C@H](CCN(C(=O)Cc3ccc(F)cc3)C3CC3)NC2)ccc1OC.Cl. The second-order valence-electron chi connectivity index (χ2n) is 25.9. The van der Waals surface area contributed by atoms with Crippen LogP contribution in [0.15, 0.2) is 84.9 Å². The van der Waals surface area contributed by atoms with Gasteiger partial charge in [0.15, 0.2) is 23.0 Å². The van der Waals surface area contributed by atoms with Crippen LogP contribution in [0.25, 0.3) is 0 Å². The van der Waals surface area contributed by atoms with Gasteiger partial charge in [-0.15, -0.1) is 12.4 Å². The van der Waals surface area contributed by atoms with Crippen LogP contribution in [0.2, 0.25) is 0 Å². The molecule has 4 atom stereocenters. The van der Waals surface area contributed by atoms with Crippen molar-refractivity contribution in [1.29, 1.82) is 0 Å². The van der Waals surface area contributed by atoms with Gasteiger partial charge in [-0.05, 0) is 184 Å². The number of hydrogen-bond donors (Lipinski definition) is 1. The summed E-state index contributed by atoms with van der Waals surface area (Å²) in [5.41, 5.74) is 1.96. The second-order valence-corrected chi connectivity index (χ2v) is 25.9. The van der Waals surface area contributed by atoms with Gasteiger partial charge in [0.2, 0.25) is 11.8 Å². The molecule has 0 radical (unpaired) electrons. The molecule has 5 amide bonds. The summed E-state index contributed by atoms with van der Waals surface area (Å²) < 4.78 is 65.6. The number of ether oxygens (including phenoxy) is 7. The van der Waals surface area contributed by atoms with Crippen LogP contribution < -0.4 is 24.3 Å². The molecule has 2 saturated carbocycles. The van der Waals surface area contributed by atoms with E-state index in [2.05, 4.69) is 19.2 Å². The van der Waals surface area contributed by atoms with Gasteiger partial charge in [0.25, 0.3) is 11.8 Å². The van der Waals surface area contributed by atoms with Gasteiger partial charge in [-0.1, -0.05) is 24.3 Å². The smallest absolute Gasteiger partial charge is 0.410 e. The Bertz CT molecular complexity index is 2970. The highest BCUT2D eigenvalue weighted by Gasteiger charge is 2.41. The number of hydrogen-bond acceptors (Lipinski definition) is 13. The highest BCUT2D eigenvalue weighted by molar-refractivity contribution is 5.96. The van der Waals surface area contributed by atoms with E-state index >= 15 is 0 Å². The number of benzene rings is 4. The predicted octanol–water partition coefficient (Wildman–Crippen LogP) is 11.8. The summed E-state index contributed by atoms with van der Waals surface area (Å²) in [6.07, 6.45) is 10.2. The van der Waals surface area contributed by atoms with Crippen molar-refractivity contribution >= 4 is 42.1 Å². The maximum atomic E-state index is 14.2. The lowest BCUT2D eigenvalue weighted by atomic mass is 9.93. The molecule has 2 unspecified atom stereocenters. The zero-order valence-corrected chi connectivity index (χ0v) is 56.9. The fourth-order valence-corrected chi connectivity index (χ4v) is 12.2. The first kappa shape index (κ1) is 74.3. The number of carbonyl (C=O) groups is 5. The Balaban J connectivity index is 0.000000292.